The standard InChI is InChI=1S/C25H27N3O4/c1-27(16-19-10-4-6-12-22(19)31-2)23(29)17-32-25(30)20-15-18-9-3-5-11-21(18)26-24(20)28-13-7-8-14-28/h3-6,9-12,15H,7-8,13-14,16-17H2,1-2H3. The van der Waals surface area contributed by atoms with Crippen molar-refractivity contribution in [2.75, 3.05) is 38.8 Å². The molecule has 166 valence electrons. The number of hydrogen-bond acceptors (Lipinski definition) is 6. The number of benzene rings is 2. The lowest BCUT2D eigenvalue weighted by molar-refractivity contribution is -0.133. The first-order valence-electron chi connectivity index (χ1n) is 10.7. The van der Waals surface area contributed by atoms with Crippen LogP contribution < -0.4 is 9.64 Å². The largest absolute Gasteiger partial charge is 0.496 e. The molecule has 2 aromatic carbocycles. The normalized spacial score (nSPS) is 13.2. The van der Waals surface area contributed by atoms with Crippen LogP contribution in [0, 0.1) is 0 Å². The second-order valence-corrected chi connectivity index (χ2v) is 7.88. The Balaban J connectivity index is 1.47. The summed E-state index contributed by atoms with van der Waals surface area (Å²) in [5.41, 5.74) is 2.11. The molecule has 4 rings (SSSR count). The Labute approximate surface area is 187 Å². The SMILES string of the molecule is COc1ccccc1CN(C)C(=O)COC(=O)c1cc2ccccc2nc1N1CCCC1. The maximum Gasteiger partial charge on any atom is 0.342 e. The van der Waals surface area contributed by atoms with Gasteiger partial charge in [0.1, 0.15) is 17.1 Å². The van der Waals surface area contributed by atoms with Gasteiger partial charge in [-0.15, -0.1) is 0 Å². The minimum atomic E-state index is -0.538. The third-order valence-electron chi connectivity index (χ3n) is 5.68. The second-order valence-electron chi connectivity index (χ2n) is 7.88. The van der Waals surface area contributed by atoms with Crippen LogP contribution in [-0.2, 0) is 16.1 Å². The molecular weight excluding hydrogens is 406 g/mol. The minimum Gasteiger partial charge on any atom is -0.496 e. The molecular formula is C25H27N3O4. The van der Waals surface area contributed by atoms with Gasteiger partial charge in [0, 0.05) is 37.6 Å². The van der Waals surface area contributed by atoms with Gasteiger partial charge in [-0.1, -0.05) is 36.4 Å². The number of ether oxygens (including phenoxy) is 2. The van der Waals surface area contributed by atoms with E-state index in [2.05, 4.69) is 4.90 Å². The van der Waals surface area contributed by atoms with Gasteiger partial charge in [0.05, 0.1) is 12.6 Å². The number of pyridine rings is 1. The van der Waals surface area contributed by atoms with Gasteiger partial charge in [0.25, 0.3) is 5.91 Å². The van der Waals surface area contributed by atoms with Crippen LogP contribution in [0.2, 0.25) is 0 Å². The van der Waals surface area contributed by atoms with Crippen LogP contribution >= 0.6 is 0 Å². The highest BCUT2D eigenvalue weighted by molar-refractivity contribution is 6.00. The molecule has 7 nitrogen and oxygen atoms in total. The lowest BCUT2D eigenvalue weighted by atomic mass is 10.1. The third kappa shape index (κ3) is 4.66. The summed E-state index contributed by atoms with van der Waals surface area (Å²) < 4.78 is 10.8. The molecule has 1 aromatic heterocycles. The van der Waals surface area contributed by atoms with Crippen LogP contribution in [0.25, 0.3) is 10.9 Å². The molecule has 1 aliphatic rings. The molecule has 1 amide bonds. The van der Waals surface area contributed by atoms with Crippen LogP contribution in [-0.4, -0.2) is 55.6 Å². The van der Waals surface area contributed by atoms with Gasteiger partial charge in [-0.2, -0.15) is 0 Å². The highest BCUT2D eigenvalue weighted by Gasteiger charge is 2.24. The second kappa shape index (κ2) is 9.68. The first kappa shape index (κ1) is 21.6. The smallest absolute Gasteiger partial charge is 0.342 e. The summed E-state index contributed by atoms with van der Waals surface area (Å²) in [5.74, 6) is 0.507. The zero-order chi connectivity index (χ0) is 22.5. The van der Waals surface area contributed by atoms with Crippen molar-refractivity contribution >= 4 is 28.6 Å². The van der Waals surface area contributed by atoms with Crippen LogP contribution in [0.1, 0.15) is 28.8 Å². The molecule has 32 heavy (non-hydrogen) atoms. The summed E-state index contributed by atoms with van der Waals surface area (Å²) in [4.78, 5) is 34.0. The molecule has 0 radical (unpaired) electrons. The zero-order valence-corrected chi connectivity index (χ0v) is 18.4. The van der Waals surface area contributed by atoms with E-state index in [4.69, 9.17) is 14.5 Å². The van der Waals surface area contributed by atoms with Gasteiger partial charge >= 0.3 is 5.97 Å². The van der Waals surface area contributed by atoms with Gasteiger partial charge in [-0.25, -0.2) is 9.78 Å². The van der Waals surface area contributed by atoms with Crippen LogP contribution in [0.5, 0.6) is 5.75 Å². The summed E-state index contributed by atoms with van der Waals surface area (Å²) in [5, 5.41) is 0.863. The van der Waals surface area contributed by atoms with Crippen molar-refractivity contribution in [1.82, 2.24) is 9.88 Å². The van der Waals surface area contributed by atoms with Crippen molar-refractivity contribution in [3.8, 4) is 5.75 Å². The van der Waals surface area contributed by atoms with Crippen molar-refractivity contribution in [3.63, 3.8) is 0 Å². The Morgan fingerprint density at radius 3 is 2.56 bits per heavy atom. The molecule has 0 bridgehead atoms. The lowest BCUT2D eigenvalue weighted by Gasteiger charge is -2.21. The van der Waals surface area contributed by atoms with Crippen molar-refractivity contribution < 1.29 is 19.1 Å². The van der Waals surface area contributed by atoms with Crippen molar-refractivity contribution in [2.45, 2.75) is 19.4 Å². The lowest BCUT2D eigenvalue weighted by Crippen LogP contribution is -2.31. The fraction of sp³-hybridized carbons (Fsp3) is 0.320. The topological polar surface area (TPSA) is 72.0 Å². The summed E-state index contributed by atoms with van der Waals surface area (Å²) in [6.45, 7) is 1.73. The average Bonchev–Trinajstić information content (AvgIpc) is 3.36. The van der Waals surface area contributed by atoms with E-state index in [1.54, 1.807) is 20.2 Å². The fourth-order valence-corrected chi connectivity index (χ4v) is 3.92. The monoisotopic (exact) mass is 433 g/mol. The highest BCUT2D eigenvalue weighted by atomic mass is 16.5. The zero-order valence-electron chi connectivity index (χ0n) is 18.4. The van der Waals surface area contributed by atoms with E-state index >= 15 is 0 Å². The van der Waals surface area contributed by atoms with Gasteiger partial charge in [-0.05, 0) is 31.0 Å². The first-order valence-corrected chi connectivity index (χ1v) is 10.7. The number of anilines is 1. The summed E-state index contributed by atoms with van der Waals surface area (Å²) in [6.07, 6.45) is 2.13. The number of hydrogen-bond donors (Lipinski definition) is 0. The first-order chi connectivity index (χ1) is 15.6. The molecule has 0 aliphatic carbocycles. The van der Waals surface area contributed by atoms with E-state index < -0.39 is 5.97 Å². The summed E-state index contributed by atoms with van der Waals surface area (Å²) in [6, 6.07) is 17.0. The Hall–Kier alpha value is -3.61. The number of amides is 1. The molecule has 7 heteroatoms. The Morgan fingerprint density at radius 1 is 1.06 bits per heavy atom. The Kier molecular flexibility index (Phi) is 6.54. The molecule has 1 aliphatic heterocycles. The Bertz CT molecular complexity index is 1130. The van der Waals surface area contributed by atoms with Crippen molar-refractivity contribution in [3.05, 3.63) is 65.7 Å². The van der Waals surface area contributed by atoms with Crippen molar-refractivity contribution in [2.24, 2.45) is 0 Å². The van der Waals surface area contributed by atoms with E-state index in [0.717, 1.165) is 42.4 Å². The van der Waals surface area contributed by atoms with Crippen LogP contribution in [0.3, 0.4) is 0 Å². The van der Waals surface area contributed by atoms with E-state index in [0.29, 0.717) is 23.7 Å². The predicted octanol–water partition coefficient (Wildman–Crippen LogP) is 3.66. The summed E-state index contributed by atoms with van der Waals surface area (Å²) in [7, 11) is 3.27. The van der Waals surface area contributed by atoms with E-state index in [1.807, 2.05) is 48.5 Å². The maximum atomic E-state index is 13.0. The molecule has 1 saturated heterocycles. The van der Waals surface area contributed by atoms with Gasteiger partial charge in [0.15, 0.2) is 6.61 Å². The quantitative estimate of drug-likeness (QED) is 0.530. The molecule has 0 unspecified atom stereocenters. The van der Waals surface area contributed by atoms with Gasteiger partial charge < -0.3 is 19.3 Å². The maximum absolute atomic E-state index is 13.0. The molecule has 2 heterocycles. The molecule has 0 atom stereocenters. The number of esters is 1. The van der Waals surface area contributed by atoms with Gasteiger partial charge in [0.2, 0.25) is 0 Å². The van der Waals surface area contributed by atoms with E-state index in [1.165, 1.54) is 4.90 Å². The third-order valence-corrected chi connectivity index (χ3v) is 5.68. The number of carbonyl (C=O) groups excluding carboxylic acids is 2. The van der Waals surface area contributed by atoms with E-state index in [9.17, 15) is 9.59 Å². The van der Waals surface area contributed by atoms with E-state index in [-0.39, 0.29) is 12.5 Å². The number of aromatic nitrogens is 1. The fourth-order valence-electron chi connectivity index (χ4n) is 3.92. The van der Waals surface area contributed by atoms with Crippen molar-refractivity contribution in [1.29, 1.82) is 0 Å². The molecule has 0 saturated carbocycles. The number of rotatable bonds is 7. The molecule has 1 fully saturated rings. The number of fused-ring (bicyclic) bond motifs is 1. The molecule has 0 N–H and O–H groups in total. The predicted molar refractivity (Wildman–Crippen MR) is 123 cm³/mol. The number of nitrogens with zero attached hydrogens (tertiary/aromatic N) is 3. The number of likely N-dealkylation sites (N-methyl/N-ethyl adjacent to an activating group) is 1. The average molecular weight is 434 g/mol. The van der Waals surface area contributed by atoms with Crippen LogP contribution in [0.15, 0.2) is 54.6 Å². The number of methoxy groups -OCH3 is 1. The molecule has 3 aromatic rings. The highest BCUT2D eigenvalue weighted by Crippen LogP contribution is 2.27. The molecule has 0 spiro atoms. The number of carbonyl (C=O) groups is 2. The minimum absolute atomic E-state index is 0.291. The number of para-hydroxylation sites is 2. The summed E-state index contributed by atoms with van der Waals surface area (Å²) >= 11 is 0. The van der Waals surface area contributed by atoms with Gasteiger partial charge in [-0.3, -0.25) is 4.79 Å². The Morgan fingerprint density at radius 2 is 1.78 bits per heavy atom. The van der Waals surface area contributed by atoms with Crippen LogP contribution in [0.4, 0.5) is 5.82 Å².